The Hall–Kier alpha value is -4.92. The van der Waals surface area contributed by atoms with Crippen LogP contribution in [-0.4, -0.2) is 17.7 Å². The quantitative estimate of drug-likeness (QED) is 0.112. The van der Waals surface area contributed by atoms with Gasteiger partial charge in [-0.3, -0.25) is 14.4 Å². The Bertz CT molecular complexity index is 1700. The van der Waals surface area contributed by atoms with Crippen molar-refractivity contribution >= 4 is 58.3 Å². The highest BCUT2D eigenvalue weighted by Crippen LogP contribution is 2.36. The van der Waals surface area contributed by atoms with E-state index < -0.39 is 11.2 Å². The fourth-order valence-corrected chi connectivity index (χ4v) is 5.81. The third kappa shape index (κ3) is 8.31. The van der Waals surface area contributed by atoms with Crippen LogP contribution in [0.4, 0.5) is 11.4 Å². The monoisotopic (exact) mass is 603 g/mol. The highest BCUT2D eigenvalue weighted by molar-refractivity contribution is 8.00. The minimum atomic E-state index is -0.490. The maximum absolute atomic E-state index is 13.4. The summed E-state index contributed by atoms with van der Waals surface area (Å²) in [7, 11) is 0. The van der Waals surface area contributed by atoms with E-state index in [1.165, 1.54) is 23.1 Å². The second-order valence-corrected chi connectivity index (χ2v) is 11.6. The van der Waals surface area contributed by atoms with Crippen molar-refractivity contribution in [1.82, 2.24) is 5.32 Å². The van der Waals surface area contributed by atoms with Gasteiger partial charge in [0.2, 0.25) is 5.91 Å². The molecule has 1 aromatic heterocycles. The maximum Gasteiger partial charge on any atom is 0.272 e. The number of nitrogens with one attached hydrogen (secondary N) is 3. The van der Waals surface area contributed by atoms with Crippen LogP contribution in [-0.2, 0) is 9.59 Å². The molecule has 3 amide bonds. The average molecular weight is 604 g/mol. The summed E-state index contributed by atoms with van der Waals surface area (Å²) in [4.78, 5) is 40.4. The first-order valence-electron chi connectivity index (χ1n) is 13.6. The van der Waals surface area contributed by atoms with Crippen molar-refractivity contribution in [3.63, 3.8) is 0 Å². The third-order valence-corrected chi connectivity index (χ3v) is 8.38. The van der Waals surface area contributed by atoms with Crippen molar-refractivity contribution in [3.8, 4) is 0 Å². The topological polar surface area (TPSA) is 87.3 Å². The standard InChI is InChI=1S/C35H29N3O3S2/c1-24-12-14-28(15-13-24)37-35(41)32(26-8-4-2-5-9-26)43-30-18-16-29(17-19-30)36-34(40)31(22-25-20-21-42-23-25)38-33(39)27-10-6-3-7-11-27/h2-23,32H,1H3,(H,36,40)(H,37,41)(H,38,39)/b31-22-. The van der Waals surface area contributed by atoms with Crippen LogP contribution < -0.4 is 16.0 Å². The van der Waals surface area contributed by atoms with E-state index in [1.807, 2.05) is 96.5 Å². The average Bonchev–Trinajstić information content (AvgIpc) is 3.55. The van der Waals surface area contributed by atoms with Gasteiger partial charge in [0.15, 0.2) is 0 Å². The largest absolute Gasteiger partial charge is 0.325 e. The highest BCUT2D eigenvalue weighted by Gasteiger charge is 2.22. The van der Waals surface area contributed by atoms with Gasteiger partial charge in [0, 0.05) is 21.8 Å². The van der Waals surface area contributed by atoms with Crippen molar-refractivity contribution in [3.05, 3.63) is 154 Å². The Labute approximate surface area is 258 Å². The normalized spacial score (nSPS) is 11.8. The lowest BCUT2D eigenvalue weighted by Crippen LogP contribution is -2.30. The van der Waals surface area contributed by atoms with E-state index in [0.29, 0.717) is 11.3 Å². The van der Waals surface area contributed by atoms with E-state index in [0.717, 1.165) is 27.3 Å². The predicted molar refractivity (Wildman–Crippen MR) is 176 cm³/mol. The molecule has 0 aliphatic rings. The van der Waals surface area contributed by atoms with Crippen LogP contribution in [0.1, 0.15) is 32.3 Å². The minimum Gasteiger partial charge on any atom is -0.325 e. The Morgan fingerprint density at radius 2 is 1.37 bits per heavy atom. The molecule has 0 radical (unpaired) electrons. The van der Waals surface area contributed by atoms with Crippen molar-refractivity contribution < 1.29 is 14.4 Å². The molecule has 5 rings (SSSR count). The van der Waals surface area contributed by atoms with Gasteiger partial charge in [-0.05, 0) is 89.5 Å². The van der Waals surface area contributed by atoms with Crippen LogP contribution in [0, 0.1) is 6.92 Å². The van der Waals surface area contributed by atoms with E-state index in [4.69, 9.17) is 0 Å². The van der Waals surface area contributed by atoms with Crippen LogP contribution >= 0.6 is 23.1 Å². The second kappa shape index (κ2) is 14.3. The summed E-state index contributed by atoms with van der Waals surface area (Å²) in [5.74, 6) is -0.954. The molecule has 4 aromatic carbocycles. The zero-order valence-electron chi connectivity index (χ0n) is 23.3. The molecule has 0 spiro atoms. The SMILES string of the molecule is Cc1ccc(NC(=O)C(Sc2ccc(NC(=O)/C(=C/c3ccsc3)NC(=O)c3ccccc3)cc2)c2ccccc2)cc1. The Morgan fingerprint density at radius 1 is 0.744 bits per heavy atom. The summed E-state index contributed by atoms with van der Waals surface area (Å²) in [6, 6.07) is 35.2. The molecule has 1 heterocycles. The van der Waals surface area contributed by atoms with Gasteiger partial charge >= 0.3 is 0 Å². The molecule has 8 heteroatoms. The number of thioether (sulfide) groups is 1. The number of amides is 3. The number of aryl methyl sites for hydroxylation is 1. The molecule has 3 N–H and O–H groups in total. The van der Waals surface area contributed by atoms with Crippen LogP contribution in [0.3, 0.4) is 0 Å². The van der Waals surface area contributed by atoms with Gasteiger partial charge in [0.25, 0.3) is 11.8 Å². The Kier molecular flexibility index (Phi) is 9.84. The lowest BCUT2D eigenvalue weighted by Gasteiger charge is -2.17. The van der Waals surface area contributed by atoms with Crippen LogP contribution in [0.2, 0.25) is 0 Å². The van der Waals surface area contributed by atoms with Gasteiger partial charge in [-0.2, -0.15) is 11.3 Å². The third-order valence-electron chi connectivity index (χ3n) is 6.41. The van der Waals surface area contributed by atoms with E-state index in [-0.39, 0.29) is 17.5 Å². The smallest absolute Gasteiger partial charge is 0.272 e. The fourth-order valence-electron chi connectivity index (χ4n) is 4.16. The fraction of sp³-hybridized carbons (Fsp3) is 0.0571. The van der Waals surface area contributed by atoms with E-state index in [2.05, 4.69) is 16.0 Å². The highest BCUT2D eigenvalue weighted by atomic mass is 32.2. The summed E-state index contributed by atoms with van der Waals surface area (Å²) in [6.45, 7) is 2.00. The lowest BCUT2D eigenvalue weighted by atomic mass is 10.1. The van der Waals surface area contributed by atoms with Crippen LogP contribution in [0.25, 0.3) is 6.08 Å². The van der Waals surface area contributed by atoms with Gasteiger partial charge in [0.05, 0.1) is 0 Å². The van der Waals surface area contributed by atoms with Gasteiger partial charge in [-0.25, -0.2) is 0 Å². The Balaban J connectivity index is 1.30. The molecule has 43 heavy (non-hydrogen) atoms. The zero-order valence-corrected chi connectivity index (χ0v) is 25.0. The molecule has 0 aliphatic carbocycles. The molecule has 0 saturated heterocycles. The number of hydrogen-bond donors (Lipinski definition) is 3. The zero-order chi connectivity index (χ0) is 30.0. The molecule has 0 saturated carbocycles. The van der Waals surface area contributed by atoms with Crippen molar-refractivity contribution in [2.75, 3.05) is 10.6 Å². The van der Waals surface area contributed by atoms with Crippen molar-refractivity contribution in [2.45, 2.75) is 17.1 Å². The summed E-state index contributed by atoms with van der Waals surface area (Å²) in [5, 5.41) is 12.0. The van der Waals surface area contributed by atoms with Gasteiger partial charge in [-0.1, -0.05) is 66.2 Å². The van der Waals surface area contributed by atoms with E-state index in [9.17, 15) is 14.4 Å². The number of carbonyl (C=O) groups is 3. The van der Waals surface area contributed by atoms with E-state index >= 15 is 0 Å². The first kappa shape index (κ1) is 29.6. The minimum absolute atomic E-state index is 0.127. The summed E-state index contributed by atoms with van der Waals surface area (Å²) in [6.07, 6.45) is 1.65. The molecule has 6 nitrogen and oxygen atoms in total. The molecule has 0 fully saturated rings. The maximum atomic E-state index is 13.4. The van der Waals surface area contributed by atoms with Gasteiger partial charge in [0.1, 0.15) is 10.9 Å². The first-order valence-corrected chi connectivity index (χ1v) is 15.4. The van der Waals surface area contributed by atoms with Crippen molar-refractivity contribution in [1.29, 1.82) is 0 Å². The molecule has 1 unspecified atom stereocenters. The Morgan fingerprint density at radius 3 is 2.02 bits per heavy atom. The van der Waals surface area contributed by atoms with Crippen molar-refractivity contribution in [2.24, 2.45) is 0 Å². The number of thiophene rings is 1. The second-order valence-electron chi connectivity index (χ2n) is 9.68. The molecule has 5 aromatic rings. The molecule has 214 valence electrons. The molecular weight excluding hydrogens is 575 g/mol. The summed E-state index contributed by atoms with van der Waals surface area (Å²) in [5.41, 5.74) is 4.68. The van der Waals surface area contributed by atoms with Crippen LogP contribution in [0.15, 0.2) is 137 Å². The van der Waals surface area contributed by atoms with E-state index in [1.54, 1.807) is 42.5 Å². The van der Waals surface area contributed by atoms with Crippen LogP contribution in [0.5, 0.6) is 0 Å². The number of anilines is 2. The molecular formula is C35H29N3O3S2. The predicted octanol–water partition coefficient (Wildman–Crippen LogP) is 7.94. The number of benzene rings is 4. The molecule has 1 atom stereocenters. The molecule has 0 aliphatic heterocycles. The summed E-state index contributed by atoms with van der Waals surface area (Å²) >= 11 is 2.92. The van der Waals surface area contributed by atoms with Gasteiger partial charge < -0.3 is 16.0 Å². The van der Waals surface area contributed by atoms with Gasteiger partial charge in [-0.15, -0.1) is 11.8 Å². The summed E-state index contributed by atoms with van der Waals surface area (Å²) < 4.78 is 0. The first-order chi connectivity index (χ1) is 20.9. The number of rotatable bonds is 10. The lowest BCUT2D eigenvalue weighted by molar-refractivity contribution is -0.116. The molecule has 0 bridgehead atoms. The number of carbonyl (C=O) groups excluding carboxylic acids is 3. The number of hydrogen-bond acceptors (Lipinski definition) is 5.